The van der Waals surface area contributed by atoms with Crippen molar-refractivity contribution in [3.8, 4) is 0 Å². The van der Waals surface area contributed by atoms with Crippen LogP contribution in [-0.2, 0) is 4.74 Å². The van der Waals surface area contributed by atoms with E-state index in [2.05, 4.69) is 0 Å². The fourth-order valence-corrected chi connectivity index (χ4v) is 2.55. The summed E-state index contributed by atoms with van der Waals surface area (Å²) >= 11 is 5.71. The normalized spacial score (nSPS) is 15.5. The number of amides is 1. The lowest BCUT2D eigenvalue weighted by molar-refractivity contribution is 0.0240. The molecule has 1 aromatic rings. The van der Waals surface area contributed by atoms with Crippen molar-refractivity contribution in [1.29, 1.82) is 0 Å². The molecule has 0 bridgehead atoms. The Morgan fingerprint density at radius 2 is 1.87 bits per heavy atom. The maximum Gasteiger partial charge on any atom is 0.410 e. The molecule has 1 amide bonds. The van der Waals surface area contributed by atoms with E-state index in [1.165, 1.54) is 12.1 Å². The van der Waals surface area contributed by atoms with E-state index in [0.717, 1.165) is 0 Å². The second-order valence-corrected chi connectivity index (χ2v) is 6.80. The minimum Gasteiger partial charge on any atom is -0.444 e. The maximum atomic E-state index is 13.7. The first-order valence-corrected chi connectivity index (χ1v) is 7.76. The zero-order chi connectivity index (χ0) is 17.2. The molecule has 1 saturated heterocycles. The average Bonchev–Trinajstić information content (AvgIpc) is 2.48. The van der Waals surface area contributed by atoms with E-state index >= 15 is 0 Å². The van der Waals surface area contributed by atoms with Gasteiger partial charge in [0.1, 0.15) is 11.4 Å². The Labute approximate surface area is 140 Å². The minimum atomic E-state index is -0.568. The molecule has 1 heterocycles. The molecule has 1 aromatic carbocycles. The van der Waals surface area contributed by atoms with Gasteiger partial charge in [-0.05, 0) is 32.9 Å². The number of hydrogen-bond donors (Lipinski definition) is 0. The third kappa shape index (κ3) is 4.34. The maximum absolute atomic E-state index is 13.7. The van der Waals surface area contributed by atoms with Gasteiger partial charge >= 0.3 is 6.09 Å². The first-order valence-electron chi connectivity index (χ1n) is 7.38. The van der Waals surface area contributed by atoms with Gasteiger partial charge in [0.05, 0.1) is 10.7 Å². The standard InChI is InChI=1S/C16H20ClFN2O3/c1-16(2,3)23-15(22)20-6-4-19(5-7-20)14-9-13(18)12(17)8-11(14)10-21/h8-10H,4-7H2,1-3H3. The molecule has 1 fully saturated rings. The van der Waals surface area contributed by atoms with Crippen LogP contribution in [0, 0.1) is 5.82 Å². The molecule has 0 unspecified atom stereocenters. The van der Waals surface area contributed by atoms with Gasteiger partial charge in [-0.25, -0.2) is 9.18 Å². The topological polar surface area (TPSA) is 49.9 Å². The molecule has 2 rings (SSSR count). The predicted octanol–water partition coefficient (Wildman–Crippen LogP) is 3.35. The van der Waals surface area contributed by atoms with Gasteiger partial charge in [-0.15, -0.1) is 0 Å². The summed E-state index contributed by atoms with van der Waals surface area (Å²) in [6.45, 7) is 7.30. The molecule has 0 aliphatic carbocycles. The largest absolute Gasteiger partial charge is 0.444 e. The zero-order valence-corrected chi connectivity index (χ0v) is 14.2. The number of carbonyl (C=O) groups excluding carboxylic acids is 2. The number of halogens is 2. The minimum absolute atomic E-state index is 0.0803. The van der Waals surface area contributed by atoms with Gasteiger partial charge < -0.3 is 14.5 Å². The Morgan fingerprint density at radius 1 is 1.26 bits per heavy atom. The lowest BCUT2D eigenvalue weighted by Gasteiger charge is -2.37. The summed E-state index contributed by atoms with van der Waals surface area (Å²) < 4.78 is 19.0. The Balaban J connectivity index is 2.06. The predicted molar refractivity (Wildman–Crippen MR) is 86.8 cm³/mol. The molecule has 7 heteroatoms. The second-order valence-electron chi connectivity index (χ2n) is 6.40. The molecular weight excluding hydrogens is 323 g/mol. The van der Waals surface area contributed by atoms with Crippen molar-refractivity contribution in [3.63, 3.8) is 0 Å². The highest BCUT2D eigenvalue weighted by Gasteiger charge is 2.27. The number of nitrogens with zero attached hydrogens (tertiary/aromatic N) is 2. The molecule has 0 aromatic heterocycles. The lowest BCUT2D eigenvalue weighted by Crippen LogP contribution is -2.50. The summed E-state index contributed by atoms with van der Waals surface area (Å²) in [5.74, 6) is -0.568. The summed E-state index contributed by atoms with van der Waals surface area (Å²) in [5, 5.41) is -0.0803. The molecule has 5 nitrogen and oxygen atoms in total. The van der Waals surface area contributed by atoms with Gasteiger partial charge in [-0.2, -0.15) is 0 Å². The van der Waals surface area contributed by atoms with E-state index in [1.54, 1.807) is 4.90 Å². The first kappa shape index (κ1) is 17.5. The van der Waals surface area contributed by atoms with E-state index in [9.17, 15) is 14.0 Å². The van der Waals surface area contributed by atoms with Gasteiger partial charge in [0, 0.05) is 31.7 Å². The van der Waals surface area contributed by atoms with Crippen molar-refractivity contribution >= 4 is 29.7 Å². The Bertz CT molecular complexity index is 608. The van der Waals surface area contributed by atoms with Crippen LogP contribution in [0.4, 0.5) is 14.9 Å². The van der Waals surface area contributed by atoms with Crippen molar-refractivity contribution in [2.45, 2.75) is 26.4 Å². The number of anilines is 1. The third-order valence-electron chi connectivity index (χ3n) is 3.47. The number of carbonyl (C=O) groups is 2. The Hall–Kier alpha value is -1.82. The van der Waals surface area contributed by atoms with Gasteiger partial charge in [0.25, 0.3) is 0 Å². The molecule has 0 atom stereocenters. The Kier molecular flexibility index (Phi) is 5.14. The second kappa shape index (κ2) is 6.74. The number of aldehydes is 1. The number of benzene rings is 1. The molecule has 1 aliphatic heterocycles. The van der Waals surface area contributed by atoms with E-state index in [1.807, 2.05) is 25.7 Å². The summed E-state index contributed by atoms with van der Waals surface area (Å²) in [6.07, 6.45) is 0.288. The molecule has 0 N–H and O–H groups in total. The van der Waals surface area contributed by atoms with Crippen LogP contribution < -0.4 is 4.90 Å². The molecule has 126 valence electrons. The fourth-order valence-electron chi connectivity index (χ4n) is 2.38. The lowest BCUT2D eigenvalue weighted by atomic mass is 10.1. The van der Waals surface area contributed by atoms with Crippen LogP contribution in [0.3, 0.4) is 0 Å². The molecule has 0 radical (unpaired) electrons. The summed E-state index contributed by atoms with van der Waals surface area (Å²) in [4.78, 5) is 26.7. The van der Waals surface area contributed by atoms with Gasteiger partial charge in [-0.3, -0.25) is 4.79 Å². The highest BCUT2D eigenvalue weighted by atomic mass is 35.5. The van der Waals surface area contributed by atoms with Crippen molar-refractivity contribution in [2.75, 3.05) is 31.1 Å². The van der Waals surface area contributed by atoms with Crippen LogP contribution in [0.2, 0.25) is 5.02 Å². The molecule has 0 spiro atoms. The van der Waals surface area contributed by atoms with Gasteiger partial charge in [-0.1, -0.05) is 11.6 Å². The van der Waals surface area contributed by atoms with Crippen molar-refractivity contribution < 1.29 is 18.7 Å². The summed E-state index contributed by atoms with van der Waals surface area (Å²) in [6, 6.07) is 2.58. The van der Waals surface area contributed by atoms with Crippen LogP contribution in [0.5, 0.6) is 0 Å². The molecule has 0 saturated carbocycles. The fraction of sp³-hybridized carbons (Fsp3) is 0.500. The SMILES string of the molecule is CC(C)(C)OC(=O)N1CCN(c2cc(F)c(Cl)cc2C=O)CC1. The smallest absolute Gasteiger partial charge is 0.410 e. The van der Waals surface area contributed by atoms with Gasteiger partial charge in [0.15, 0.2) is 6.29 Å². The molecule has 23 heavy (non-hydrogen) atoms. The number of hydrogen-bond acceptors (Lipinski definition) is 4. The average molecular weight is 343 g/mol. The number of piperazine rings is 1. The van der Waals surface area contributed by atoms with E-state index in [0.29, 0.717) is 43.7 Å². The van der Waals surface area contributed by atoms with E-state index in [4.69, 9.17) is 16.3 Å². The third-order valence-corrected chi connectivity index (χ3v) is 3.76. The zero-order valence-electron chi connectivity index (χ0n) is 13.4. The van der Waals surface area contributed by atoms with Crippen LogP contribution in [0.25, 0.3) is 0 Å². The highest BCUT2D eigenvalue weighted by molar-refractivity contribution is 6.31. The van der Waals surface area contributed by atoms with E-state index in [-0.39, 0.29) is 11.1 Å². The van der Waals surface area contributed by atoms with Crippen molar-refractivity contribution in [2.24, 2.45) is 0 Å². The van der Waals surface area contributed by atoms with Crippen LogP contribution in [-0.4, -0.2) is 49.1 Å². The number of ether oxygens (including phenoxy) is 1. The molecular formula is C16H20ClFN2O3. The van der Waals surface area contributed by atoms with Gasteiger partial charge in [0.2, 0.25) is 0 Å². The summed E-state index contributed by atoms with van der Waals surface area (Å²) in [7, 11) is 0. The highest BCUT2D eigenvalue weighted by Crippen LogP contribution is 2.27. The molecule has 1 aliphatic rings. The van der Waals surface area contributed by atoms with Crippen molar-refractivity contribution in [3.05, 3.63) is 28.5 Å². The van der Waals surface area contributed by atoms with Crippen LogP contribution in [0.1, 0.15) is 31.1 Å². The van der Waals surface area contributed by atoms with E-state index < -0.39 is 11.4 Å². The monoisotopic (exact) mass is 342 g/mol. The van der Waals surface area contributed by atoms with Crippen LogP contribution >= 0.6 is 11.6 Å². The number of rotatable bonds is 2. The van der Waals surface area contributed by atoms with Crippen molar-refractivity contribution in [1.82, 2.24) is 4.90 Å². The quantitative estimate of drug-likeness (QED) is 0.773. The first-order chi connectivity index (χ1) is 10.7. The Morgan fingerprint density at radius 3 is 2.39 bits per heavy atom. The van der Waals surface area contributed by atoms with Crippen LogP contribution in [0.15, 0.2) is 12.1 Å². The summed E-state index contributed by atoms with van der Waals surface area (Å²) in [5.41, 5.74) is 0.283.